The molecule has 2 nitrogen and oxygen atoms in total. The lowest BCUT2D eigenvalue weighted by molar-refractivity contribution is -0.232. The Morgan fingerprint density at radius 1 is 1.16 bits per heavy atom. The first kappa shape index (κ1) is 13.1. The fraction of sp³-hybridized carbons (Fsp3) is 0.647. The van der Waals surface area contributed by atoms with Crippen LogP contribution in [0.25, 0.3) is 0 Å². The van der Waals surface area contributed by atoms with Crippen LogP contribution in [0.2, 0.25) is 0 Å². The van der Waals surface area contributed by atoms with Gasteiger partial charge in [-0.05, 0) is 51.5 Å². The second-order valence-electron chi connectivity index (χ2n) is 6.99. The zero-order valence-corrected chi connectivity index (χ0v) is 12.1. The van der Waals surface area contributed by atoms with Crippen molar-refractivity contribution in [3.63, 3.8) is 0 Å². The number of aliphatic hydroxyl groups is 1. The van der Waals surface area contributed by atoms with E-state index in [-0.39, 0.29) is 17.6 Å². The Bertz CT molecular complexity index is 448. The molecule has 2 fully saturated rings. The molecule has 1 aromatic rings. The number of hydrogen-bond donors (Lipinski definition) is 1. The van der Waals surface area contributed by atoms with Crippen LogP contribution in [0, 0.1) is 11.8 Å². The minimum Gasteiger partial charge on any atom is -0.390 e. The molecular formula is C17H24O2. The van der Waals surface area contributed by atoms with E-state index in [0.717, 1.165) is 19.3 Å². The third-order valence-electron chi connectivity index (χ3n) is 5.24. The molecule has 104 valence electrons. The van der Waals surface area contributed by atoms with Gasteiger partial charge in [-0.1, -0.05) is 30.3 Å². The molecule has 0 amide bonds. The highest BCUT2D eigenvalue weighted by atomic mass is 16.5. The van der Waals surface area contributed by atoms with Crippen LogP contribution < -0.4 is 0 Å². The molecule has 0 aromatic heterocycles. The molecule has 1 aromatic carbocycles. The van der Waals surface area contributed by atoms with Crippen LogP contribution in [-0.2, 0) is 4.74 Å². The molecule has 0 spiro atoms. The minimum atomic E-state index is -0.604. The first-order valence-corrected chi connectivity index (χ1v) is 7.35. The van der Waals surface area contributed by atoms with Crippen molar-refractivity contribution in [1.82, 2.24) is 0 Å². The third-order valence-corrected chi connectivity index (χ3v) is 5.24. The van der Waals surface area contributed by atoms with E-state index in [1.807, 2.05) is 13.0 Å². The summed E-state index contributed by atoms with van der Waals surface area (Å²) < 4.78 is 6.40. The number of rotatable bonds is 1. The average Bonchev–Trinajstić information content (AvgIpc) is 2.36. The van der Waals surface area contributed by atoms with Crippen LogP contribution >= 0.6 is 0 Å². The van der Waals surface area contributed by atoms with E-state index in [9.17, 15) is 5.11 Å². The zero-order valence-electron chi connectivity index (χ0n) is 12.1. The van der Waals surface area contributed by atoms with Gasteiger partial charge in [0.05, 0.1) is 17.3 Å². The van der Waals surface area contributed by atoms with Crippen molar-refractivity contribution in [2.75, 3.05) is 0 Å². The second-order valence-corrected chi connectivity index (χ2v) is 6.99. The molecule has 0 unspecified atom stereocenters. The molecule has 1 saturated carbocycles. The summed E-state index contributed by atoms with van der Waals surface area (Å²) in [4.78, 5) is 0. The second kappa shape index (κ2) is 4.32. The maximum absolute atomic E-state index is 10.7. The molecule has 2 bridgehead atoms. The third kappa shape index (κ3) is 2.21. The Balaban J connectivity index is 1.98. The van der Waals surface area contributed by atoms with Gasteiger partial charge in [-0.15, -0.1) is 0 Å². The van der Waals surface area contributed by atoms with E-state index in [2.05, 4.69) is 38.1 Å². The van der Waals surface area contributed by atoms with Crippen LogP contribution in [0.3, 0.4) is 0 Å². The Kier molecular flexibility index (Phi) is 2.99. The first-order chi connectivity index (χ1) is 8.90. The summed E-state index contributed by atoms with van der Waals surface area (Å²) in [6, 6.07) is 10.4. The van der Waals surface area contributed by atoms with E-state index in [0.29, 0.717) is 5.92 Å². The van der Waals surface area contributed by atoms with Crippen LogP contribution in [0.15, 0.2) is 30.3 Å². The normalized spacial score (nSPS) is 40.9. The molecule has 2 heteroatoms. The van der Waals surface area contributed by atoms with Crippen LogP contribution in [0.5, 0.6) is 0 Å². The van der Waals surface area contributed by atoms with E-state index >= 15 is 0 Å². The molecule has 0 radical (unpaired) electrons. The largest absolute Gasteiger partial charge is 0.390 e. The smallest absolute Gasteiger partial charge is 0.0887 e. The van der Waals surface area contributed by atoms with Gasteiger partial charge < -0.3 is 9.84 Å². The zero-order chi connectivity index (χ0) is 13.7. The number of ether oxygens (including phenoxy) is 1. The van der Waals surface area contributed by atoms with Gasteiger partial charge in [0.25, 0.3) is 0 Å². The molecule has 3 rings (SSSR count). The van der Waals surface area contributed by atoms with Gasteiger partial charge in [-0.3, -0.25) is 0 Å². The fourth-order valence-corrected chi connectivity index (χ4v) is 3.86. The summed E-state index contributed by atoms with van der Waals surface area (Å²) in [6.45, 7) is 6.37. The monoisotopic (exact) mass is 260 g/mol. The number of fused-ring (bicyclic) bond motifs is 2. The standard InChI is InChI=1S/C17H24O2/c1-16(2)13-9-10-17(3,18)14(11-13)15(19-16)12-7-5-4-6-8-12/h4-8,13-15,18H,9-11H2,1-3H3/t13-,14-,15-,17+/m1/s1. The van der Waals surface area contributed by atoms with Gasteiger partial charge >= 0.3 is 0 Å². The lowest BCUT2D eigenvalue weighted by atomic mass is 9.62. The predicted molar refractivity (Wildman–Crippen MR) is 75.8 cm³/mol. The average molecular weight is 260 g/mol. The van der Waals surface area contributed by atoms with Gasteiger partial charge in [-0.2, -0.15) is 0 Å². The summed E-state index contributed by atoms with van der Waals surface area (Å²) in [5.41, 5.74) is 0.502. The van der Waals surface area contributed by atoms with Crippen LogP contribution in [-0.4, -0.2) is 16.3 Å². The van der Waals surface area contributed by atoms with Crippen molar-refractivity contribution in [3.8, 4) is 0 Å². The van der Waals surface area contributed by atoms with Gasteiger partial charge in [0, 0.05) is 5.92 Å². The Morgan fingerprint density at radius 3 is 2.53 bits per heavy atom. The van der Waals surface area contributed by atoms with Crippen LogP contribution in [0.4, 0.5) is 0 Å². The number of benzene rings is 1. The van der Waals surface area contributed by atoms with Crippen molar-refractivity contribution >= 4 is 0 Å². The molecule has 1 aliphatic carbocycles. The topological polar surface area (TPSA) is 29.5 Å². The summed E-state index contributed by atoms with van der Waals surface area (Å²) in [7, 11) is 0. The lowest BCUT2D eigenvalue weighted by Gasteiger charge is -2.55. The van der Waals surface area contributed by atoms with Crippen molar-refractivity contribution in [2.45, 2.75) is 57.3 Å². The van der Waals surface area contributed by atoms with Gasteiger partial charge in [0.15, 0.2) is 0 Å². The highest BCUT2D eigenvalue weighted by Gasteiger charge is 2.52. The van der Waals surface area contributed by atoms with Crippen molar-refractivity contribution < 1.29 is 9.84 Å². The predicted octanol–water partition coefficient (Wildman–Crippen LogP) is 3.70. The SMILES string of the molecule is CC1(C)O[C@H](c2ccccc2)[C@H]2C[C@H]1CC[C@]2(C)O. The summed E-state index contributed by atoms with van der Waals surface area (Å²) in [5, 5.41) is 10.7. The van der Waals surface area contributed by atoms with E-state index < -0.39 is 5.60 Å². The first-order valence-electron chi connectivity index (χ1n) is 7.35. The molecule has 1 saturated heterocycles. The van der Waals surface area contributed by atoms with E-state index in [4.69, 9.17) is 4.74 Å². The molecule has 2 aliphatic rings. The summed E-state index contributed by atoms with van der Waals surface area (Å²) in [6.07, 6.45) is 3.04. The lowest BCUT2D eigenvalue weighted by Crippen LogP contribution is -2.54. The number of hydrogen-bond acceptors (Lipinski definition) is 2. The molecule has 1 aliphatic heterocycles. The van der Waals surface area contributed by atoms with Crippen LogP contribution in [0.1, 0.15) is 51.7 Å². The maximum atomic E-state index is 10.7. The van der Waals surface area contributed by atoms with E-state index in [1.54, 1.807) is 0 Å². The quantitative estimate of drug-likeness (QED) is 0.834. The Hall–Kier alpha value is -0.860. The molecular weight excluding hydrogens is 236 g/mol. The van der Waals surface area contributed by atoms with Crippen molar-refractivity contribution in [1.29, 1.82) is 0 Å². The Labute approximate surface area is 115 Å². The van der Waals surface area contributed by atoms with Crippen molar-refractivity contribution in [3.05, 3.63) is 35.9 Å². The highest BCUT2D eigenvalue weighted by Crippen LogP contribution is 2.54. The van der Waals surface area contributed by atoms with Gasteiger partial charge in [-0.25, -0.2) is 0 Å². The molecule has 1 heterocycles. The molecule has 1 N–H and O–H groups in total. The molecule has 4 atom stereocenters. The minimum absolute atomic E-state index is 0.0164. The van der Waals surface area contributed by atoms with E-state index in [1.165, 1.54) is 5.56 Å². The Morgan fingerprint density at radius 2 is 1.84 bits per heavy atom. The summed E-state index contributed by atoms with van der Waals surface area (Å²) >= 11 is 0. The highest BCUT2D eigenvalue weighted by molar-refractivity contribution is 5.21. The summed E-state index contributed by atoms with van der Waals surface area (Å²) in [5.74, 6) is 0.777. The van der Waals surface area contributed by atoms with Crippen molar-refractivity contribution in [2.24, 2.45) is 11.8 Å². The maximum Gasteiger partial charge on any atom is 0.0887 e. The molecule has 19 heavy (non-hydrogen) atoms. The van der Waals surface area contributed by atoms with Gasteiger partial charge in [0.2, 0.25) is 0 Å². The fourth-order valence-electron chi connectivity index (χ4n) is 3.86. The van der Waals surface area contributed by atoms with Gasteiger partial charge in [0.1, 0.15) is 0 Å².